The quantitative estimate of drug-likeness (QED) is 0.0671. The third-order valence-electron chi connectivity index (χ3n) is 20.2. The van der Waals surface area contributed by atoms with Crippen LogP contribution in [-0.4, -0.2) is 53.1 Å². The molecule has 0 aliphatic carbocycles. The Bertz CT molecular complexity index is 6120. The number of carbonyl (C=O) groups excluding carboxylic acids is 2. The molecular weight excluding hydrogens is 1330 g/mol. The highest BCUT2D eigenvalue weighted by Gasteiger charge is 2.44. The largest absolute Gasteiger partial charge is 0.457 e. The van der Waals surface area contributed by atoms with Crippen molar-refractivity contribution in [2.75, 3.05) is 9.80 Å². The minimum atomic E-state index is -0.501. The summed E-state index contributed by atoms with van der Waals surface area (Å²) in [6.45, 7) is 0.0896. The standard InChI is InChI=1S/C94H62BN9O4/c105-93(107-59-61-26-8-1-9-27-61)69-49-53-79-74(57-69)75-58-70(94(106)108-60-62-28-10-2-11-29-62)50-54-80(75)104(79)81-52-48-68(91-98-87(64-30-12-3-13-31-64)96-88(99-91)65-32-14-4-15-33-65)56-76(81)92-100-89(66-34-16-5-17-35-66)97-90(101-92)67-46-44-63(45-47-67)73-51-55-84-85-86(73)103(72-38-20-7-21-39-72)83-43-25-23-41-78(83)95(85)77-40-22-24-42-82(77)102(84)71-36-18-6-19-37-71/h1-58H,59-60H2. The van der Waals surface area contributed by atoms with Gasteiger partial charge in [0.1, 0.15) is 13.2 Å². The molecule has 510 valence electrons. The molecule has 108 heavy (non-hydrogen) atoms. The number of rotatable bonds is 16. The first-order valence-electron chi connectivity index (χ1n) is 35.9. The zero-order valence-electron chi connectivity index (χ0n) is 58.1. The maximum atomic E-state index is 14.2. The van der Waals surface area contributed by atoms with Crippen molar-refractivity contribution in [1.82, 2.24) is 34.5 Å². The monoisotopic (exact) mass is 1390 g/mol. The average molecular weight is 1390 g/mol. The number of benzene rings is 14. The fourth-order valence-electron chi connectivity index (χ4n) is 15.1. The van der Waals surface area contributed by atoms with Crippen molar-refractivity contribution in [3.63, 3.8) is 0 Å². The van der Waals surface area contributed by atoms with Gasteiger partial charge < -0.3 is 23.8 Å². The van der Waals surface area contributed by atoms with Gasteiger partial charge in [-0.2, -0.15) is 0 Å². The number of fused-ring (bicyclic) bond motifs is 7. The van der Waals surface area contributed by atoms with E-state index in [9.17, 15) is 9.59 Å². The Balaban J connectivity index is 0.806. The first-order chi connectivity index (χ1) is 53.4. The second kappa shape index (κ2) is 27.6. The topological polar surface area (TPSA) is 141 Å². The smallest absolute Gasteiger partial charge is 0.338 e. The van der Waals surface area contributed by atoms with Crippen molar-refractivity contribution in [3.8, 4) is 85.1 Å². The lowest BCUT2D eigenvalue weighted by Gasteiger charge is -2.45. The molecule has 0 unspecified atom stereocenters. The summed E-state index contributed by atoms with van der Waals surface area (Å²) in [6, 6.07) is 118. The highest BCUT2D eigenvalue weighted by Crippen LogP contribution is 2.49. The summed E-state index contributed by atoms with van der Waals surface area (Å²) in [7, 11) is 0. The lowest BCUT2D eigenvalue weighted by molar-refractivity contribution is 0.0464. The van der Waals surface area contributed by atoms with Crippen LogP contribution in [0, 0.1) is 0 Å². The highest BCUT2D eigenvalue weighted by molar-refractivity contribution is 7.00. The first-order valence-corrected chi connectivity index (χ1v) is 35.9. The Labute approximate surface area is 623 Å². The van der Waals surface area contributed by atoms with Gasteiger partial charge in [0.05, 0.1) is 33.5 Å². The molecule has 2 aliphatic rings. The molecule has 0 bridgehead atoms. The van der Waals surface area contributed by atoms with Crippen LogP contribution in [-0.2, 0) is 22.7 Å². The molecule has 0 saturated carbocycles. The van der Waals surface area contributed by atoms with Crippen LogP contribution in [0.2, 0.25) is 0 Å². The number of para-hydroxylation sites is 4. The number of aromatic nitrogens is 7. The molecule has 0 saturated heterocycles. The van der Waals surface area contributed by atoms with Gasteiger partial charge in [-0.05, 0) is 130 Å². The molecule has 0 radical (unpaired) electrons. The number of esters is 2. The van der Waals surface area contributed by atoms with E-state index in [1.54, 1.807) is 12.1 Å². The van der Waals surface area contributed by atoms with Crippen molar-refractivity contribution in [1.29, 1.82) is 0 Å². The van der Waals surface area contributed by atoms with E-state index < -0.39 is 11.9 Å². The minimum absolute atomic E-state index is 0.0765. The SMILES string of the molecule is O=C(OCc1ccccc1)c1ccc2c(c1)c1cc(C(=O)OCc3ccccc3)ccc1n2-c1ccc(-c2nc(-c3ccccc3)nc(-c3ccccc3)n2)cc1-c1nc(-c2ccccc2)nc(-c2ccc(-c3ccc4c5c3N(c3ccccc3)c3ccccc3B5c3ccccc3N4c3ccccc3)cc2)n1. The first kappa shape index (κ1) is 64.4. The molecule has 0 amide bonds. The van der Waals surface area contributed by atoms with Gasteiger partial charge in [0.2, 0.25) is 0 Å². The van der Waals surface area contributed by atoms with Gasteiger partial charge in [-0.1, -0.05) is 255 Å². The van der Waals surface area contributed by atoms with Gasteiger partial charge in [0.25, 0.3) is 6.71 Å². The molecule has 0 spiro atoms. The van der Waals surface area contributed by atoms with E-state index in [4.69, 9.17) is 39.4 Å². The molecule has 0 atom stereocenters. The molecule has 13 nitrogen and oxygen atoms in total. The Morgan fingerprint density at radius 2 is 0.667 bits per heavy atom. The summed E-state index contributed by atoms with van der Waals surface area (Å²) < 4.78 is 14.1. The third kappa shape index (κ3) is 11.8. The molecule has 2 aliphatic heterocycles. The van der Waals surface area contributed by atoms with Crippen molar-refractivity contribution < 1.29 is 19.1 Å². The van der Waals surface area contributed by atoms with Crippen molar-refractivity contribution >= 4 is 91.0 Å². The van der Waals surface area contributed by atoms with Crippen LogP contribution in [0.1, 0.15) is 31.8 Å². The van der Waals surface area contributed by atoms with Gasteiger partial charge in [-0.15, -0.1) is 0 Å². The van der Waals surface area contributed by atoms with E-state index in [-0.39, 0.29) is 19.9 Å². The molecule has 14 aromatic carbocycles. The Morgan fingerprint density at radius 3 is 1.15 bits per heavy atom. The van der Waals surface area contributed by atoms with Crippen molar-refractivity contribution in [3.05, 3.63) is 374 Å². The molecule has 17 aromatic rings. The number of ether oxygens (including phenoxy) is 2. The summed E-state index contributed by atoms with van der Waals surface area (Å²) >= 11 is 0. The van der Waals surface area contributed by atoms with E-state index >= 15 is 0 Å². The summed E-state index contributed by atoms with van der Waals surface area (Å²) in [5.74, 6) is 1.64. The third-order valence-corrected chi connectivity index (χ3v) is 20.2. The summed E-state index contributed by atoms with van der Waals surface area (Å²) in [5.41, 5.74) is 21.2. The van der Waals surface area contributed by atoms with Gasteiger partial charge in [-0.3, -0.25) is 0 Å². The van der Waals surface area contributed by atoms with E-state index in [1.807, 2.05) is 194 Å². The van der Waals surface area contributed by atoms with Crippen LogP contribution in [0.3, 0.4) is 0 Å². The summed E-state index contributed by atoms with van der Waals surface area (Å²) in [4.78, 5) is 65.3. The maximum absolute atomic E-state index is 14.2. The van der Waals surface area contributed by atoms with E-state index in [2.05, 4.69) is 160 Å². The molecular formula is C94H62BN9O4. The summed E-state index contributed by atoms with van der Waals surface area (Å²) in [6.07, 6.45) is 0. The predicted molar refractivity (Wildman–Crippen MR) is 431 cm³/mol. The molecule has 19 rings (SSSR count). The normalized spacial score (nSPS) is 12.0. The van der Waals surface area contributed by atoms with Crippen LogP contribution >= 0.6 is 0 Å². The van der Waals surface area contributed by atoms with E-state index in [1.165, 1.54) is 16.4 Å². The second-order valence-corrected chi connectivity index (χ2v) is 26.7. The van der Waals surface area contributed by atoms with Crippen LogP contribution in [0.5, 0.6) is 0 Å². The number of nitrogens with zero attached hydrogens (tertiary/aromatic N) is 9. The minimum Gasteiger partial charge on any atom is -0.457 e. The van der Waals surface area contributed by atoms with Crippen molar-refractivity contribution in [2.45, 2.75) is 13.2 Å². The van der Waals surface area contributed by atoms with Crippen LogP contribution in [0.4, 0.5) is 34.1 Å². The summed E-state index contributed by atoms with van der Waals surface area (Å²) in [5, 5.41) is 1.37. The number of anilines is 6. The molecule has 0 N–H and O–H groups in total. The van der Waals surface area contributed by atoms with Gasteiger partial charge in [0.15, 0.2) is 34.9 Å². The van der Waals surface area contributed by atoms with Gasteiger partial charge in [-0.25, -0.2) is 39.5 Å². The number of carbonyl (C=O) groups is 2. The lowest BCUT2D eigenvalue weighted by atomic mass is 9.33. The fourth-order valence-corrected chi connectivity index (χ4v) is 15.1. The van der Waals surface area contributed by atoms with E-state index in [0.717, 1.165) is 89.7 Å². The Morgan fingerprint density at radius 1 is 0.296 bits per heavy atom. The Hall–Kier alpha value is -14.5. The maximum Gasteiger partial charge on any atom is 0.338 e. The Kier molecular flexibility index (Phi) is 16.4. The number of hydrogen-bond donors (Lipinski definition) is 0. The molecule has 3 aromatic heterocycles. The zero-order chi connectivity index (χ0) is 72.0. The predicted octanol–water partition coefficient (Wildman–Crippen LogP) is 19.6. The zero-order valence-corrected chi connectivity index (χ0v) is 58.1. The lowest BCUT2D eigenvalue weighted by Crippen LogP contribution is -2.61. The van der Waals surface area contributed by atoms with Crippen LogP contribution in [0.25, 0.3) is 107 Å². The van der Waals surface area contributed by atoms with Gasteiger partial charge >= 0.3 is 11.9 Å². The number of hydrogen-bond acceptors (Lipinski definition) is 12. The molecule has 14 heteroatoms. The molecule has 5 heterocycles. The fraction of sp³-hybridized carbons (Fsp3) is 0.0213. The van der Waals surface area contributed by atoms with Gasteiger partial charge in [0, 0.05) is 78.2 Å². The molecule has 0 fully saturated rings. The second-order valence-electron chi connectivity index (χ2n) is 26.7. The van der Waals surface area contributed by atoms with Crippen LogP contribution in [0.15, 0.2) is 352 Å². The highest BCUT2D eigenvalue weighted by atomic mass is 16.5. The van der Waals surface area contributed by atoms with E-state index in [0.29, 0.717) is 73.7 Å². The van der Waals surface area contributed by atoms with Crippen LogP contribution < -0.4 is 26.2 Å². The average Bonchev–Trinajstić information content (AvgIpc) is 0.842. The van der Waals surface area contributed by atoms with Crippen molar-refractivity contribution in [2.24, 2.45) is 0 Å².